The largest absolute Gasteiger partial charge is 0.314 e. The molecule has 2 aromatic carbocycles. The summed E-state index contributed by atoms with van der Waals surface area (Å²) < 4.78 is 27.3. The smallest absolute Gasteiger partial charge is 0.123 e. The van der Waals surface area contributed by atoms with Gasteiger partial charge in [0.1, 0.15) is 11.6 Å². The molecule has 2 aromatic rings. The molecule has 2 nitrogen and oxygen atoms in total. The van der Waals surface area contributed by atoms with E-state index in [0.717, 1.165) is 43.7 Å². The molecule has 0 spiro atoms. The molecule has 2 unspecified atom stereocenters. The summed E-state index contributed by atoms with van der Waals surface area (Å²) in [4.78, 5) is 2.46. The molecular weight excluding hydrogens is 306 g/mol. The molecule has 1 aliphatic carbocycles. The van der Waals surface area contributed by atoms with Crippen LogP contribution in [-0.4, -0.2) is 31.1 Å². The summed E-state index contributed by atoms with van der Waals surface area (Å²) in [5, 5.41) is 3.38. The highest BCUT2D eigenvalue weighted by atomic mass is 19.1. The number of fused-ring (bicyclic) bond motifs is 1. The molecule has 0 bridgehead atoms. The molecule has 0 amide bonds. The van der Waals surface area contributed by atoms with Crippen molar-refractivity contribution in [3.05, 3.63) is 70.8 Å². The van der Waals surface area contributed by atoms with Crippen molar-refractivity contribution in [3.8, 4) is 0 Å². The normalized spacial score (nSPS) is 27.2. The van der Waals surface area contributed by atoms with Crippen LogP contribution >= 0.6 is 0 Å². The molecule has 0 aromatic heterocycles. The van der Waals surface area contributed by atoms with Crippen LogP contribution in [0.4, 0.5) is 8.78 Å². The van der Waals surface area contributed by atoms with Crippen molar-refractivity contribution in [1.29, 1.82) is 0 Å². The first-order valence-electron chi connectivity index (χ1n) is 8.59. The number of nitrogens with one attached hydrogen (secondary N) is 1. The second-order valence-corrected chi connectivity index (χ2v) is 7.05. The molecule has 2 aliphatic rings. The molecule has 1 saturated heterocycles. The highest BCUT2D eigenvalue weighted by Crippen LogP contribution is 2.50. The second-order valence-electron chi connectivity index (χ2n) is 7.05. The summed E-state index contributed by atoms with van der Waals surface area (Å²) in [6.07, 6.45) is 0.900. The molecule has 1 fully saturated rings. The van der Waals surface area contributed by atoms with E-state index in [4.69, 9.17) is 0 Å². The molecule has 0 radical (unpaired) electrons. The molecule has 2 atom stereocenters. The van der Waals surface area contributed by atoms with Crippen LogP contribution in [0.3, 0.4) is 0 Å². The summed E-state index contributed by atoms with van der Waals surface area (Å²) >= 11 is 0. The number of halogens is 2. The first kappa shape index (κ1) is 15.7. The molecule has 4 heteroatoms. The second kappa shape index (κ2) is 5.94. The van der Waals surface area contributed by atoms with Crippen molar-refractivity contribution < 1.29 is 8.78 Å². The van der Waals surface area contributed by atoms with E-state index in [0.29, 0.717) is 0 Å². The third-order valence-corrected chi connectivity index (χ3v) is 5.66. The topological polar surface area (TPSA) is 15.3 Å². The number of benzene rings is 2. The first-order chi connectivity index (χ1) is 11.6. The average molecular weight is 328 g/mol. The minimum absolute atomic E-state index is 0.182. The van der Waals surface area contributed by atoms with Crippen molar-refractivity contribution in [2.75, 3.05) is 26.2 Å². The monoisotopic (exact) mass is 328 g/mol. The predicted molar refractivity (Wildman–Crippen MR) is 91.1 cm³/mol. The fourth-order valence-electron chi connectivity index (χ4n) is 4.37. The lowest BCUT2D eigenvalue weighted by molar-refractivity contribution is 0.0848. The Balaban J connectivity index is 1.78. The summed E-state index contributed by atoms with van der Waals surface area (Å²) in [7, 11) is 0. The highest BCUT2D eigenvalue weighted by Gasteiger charge is 2.45. The van der Waals surface area contributed by atoms with Crippen LogP contribution in [0.5, 0.6) is 0 Å². The zero-order valence-electron chi connectivity index (χ0n) is 13.9. The zero-order chi connectivity index (χ0) is 16.7. The Labute approximate surface area is 141 Å². The third-order valence-electron chi connectivity index (χ3n) is 5.66. The molecule has 4 rings (SSSR count). The lowest BCUT2D eigenvalue weighted by atomic mass is 9.89. The number of nitrogens with zero attached hydrogens (tertiary/aromatic N) is 1. The van der Waals surface area contributed by atoms with Crippen molar-refractivity contribution in [2.45, 2.75) is 24.8 Å². The number of hydrogen-bond donors (Lipinski definition) is 1. The number of hydrogen-bond acceptors (Lipinski definition) is 2. The van der Waals surface area contributed by atoms with Crippen molar-refractivity contribution in [3.63, 3.8) is 0 Å². The maximum Gasteiger partial charge on any atom is 0.123 e. The van der Waals surface area contributed by atoms with Crippen LogP contribution in [0.15, 0.2) is 42.5 Å². The SMILES string of the molecule is CC1(N2CCNCC2)CC(c2ccc(F)cc2)c2ccc(F)cc21. The zero-order valence-corrected chi connectivity index (χ0v) is 13.9. The maximum atomic E-state index is 14.0. The van der Waals surface area contributed by atoms with E-state index in [1.807, 2.05) is 18.2 Å². The van der Waals surface area contributed by atoms with Gasteiger partial charge in [-0.15, -0.1) is 0 Å². The maximum absolute atomic E-state index is 14.0. The van der Waals surface area contributed by atoms with Gasteiger partial charge in [-0.3, -0.25) is 4.90 Å². The number of rotatable bonds is 2. The van der Waals surface area contributed by atoms with E-state index >= 15 is 0 Å². The minimum Gasteiger partial charge on any atom is -0.314 e. The molecule has 126 valence electrons. The van der Waals surface area contributed by atoms with Gasteiger partial charge in [-0.2, -0.15) is 0 Å². The van der Waals surface area contributed by atoms with Gasteiger partial charge in [0.25, 0.3) is 0 Å². The van der Waals surface area contributed by atoms with E-state index in [-0.39, 0.29) is 23.1 Å². The molecule has 1 heterocycles. The Morgan fingerprint density at radius 1 is 1.00 bits per heavy atom. The lowest BCUT2D eigenvalue weighted by Crippen LogP contribution is -2.52. The van der Waals surface area contributed by atoms with E-state index in [1.165, 1.54) is 17.7 Å². The summed E-state index contributed by atoms with van der Waals surface area (Å²) in [6, 6.07) is 11.9. The van der Waals surface area contributed by atoms with Crippen LogP contribution in [0.25, 0.3) is 0 Å². The van der Waals surface area contributed by atoms with Gasteiger partial charge in [-0.1, -0.05) is 18.2 Å². The first-order valence-corrected chi connectivity index (χ1v) is 8.59. The van der Waals surface area contributed by atoms with E-state index in [1.54, 1.807) is 12.1 Å². The van der Waals surface area contributed by atoms with Gasteiger partial charge in [0, 0.05) is 37.6 Å². The van der Waals surface area contributed by atoms with Gasteiger partial charge in [-0.05, 0) is 54.3 Å². The van der Waals surface area contributed by atoms with Crippen LogP contribution in [0.2, 0.25) is 0 Å². The Morgan fingerprint density at radius 3 is 2.38 bits per heavy atom. The Bertz CT molecular complexity index is 738. The Kier molecular flexibility index (Phi) is 3.89. The Morgan fingerprint density at radius 2 is 1.67 bits per heavy atom. The minimum atomic E-state index is -0.221. The fourth-order valence-corrected chi connectivity index (χ4v) is 4.37. The van der Waals surface area contributed by atoms with Crippen LogP contribution in [0.1, 0.15) is 36.0 Å². The van der Waals surface area contributed by atoms with Crippen molar-refractivity contribution in [1.82, 2.24) is 10.2 Å². The fraction of sp³-hybridized carbons (Fsp3) is 0.400. The van der Waals surface area contributed by atoms with Crippen LogP contribution in [0, 0.1) is 11.6 Å². The average Bonchev–Trinajstić information content (AvgIpc) is 2.90. The van der Waals surface area contributed by atoms with E-state index in [9.17, 15) is 8.78 Å². The van der Waals surface area contributed by atoms with E-state index < -0.39 is 0 Å². The van der Waals surface area contributed by atoms with E-state index in [2.05, 4.69) is 17.1 Å². The van der Waals surface area contributed by atoms with Gasteiger partial charge < -0.3 is 5.32 Å². The molecule has 0 saturated carbocycles. The molecular formula is C20H22F2N2. The predicted octanol–water partition coefficient (Wildman–Crippen LogP) is 3.62. The quantitative estimate of drug-likeness (QED) is 0.906. The standard InChI is InChI=1S/C20H22F2N2/c1-20(24-10-8-23-9-11-24)13-18(14-2-4-15(21)5-3-14)17-7-6-16(22)12-19(17)20/h2-7,12,18,23H,8-11,13H2,1H3. The van der Waals surface area contributed by atoms with Crippen LogP contribution < -0.4 is 5.32 Å². The summed E-state index contributed by atoms with van der Waals surface area (Å²) in [6.45, 7) is 6.06. The molecule has 1 N–H and O–H groups in total. The summed E-state index contributed by atoms with van der Waals surface area (Å²) in [5.74, 6) is -0.225. The lowest BCUT2D eigenvalue weighted by Gasteiger charge is -2.42. The van der Waals surface area contributed by atoms with Gasteiger partial charge >= 0.3 is 0 Å². The van der Waals surface area contributed by atoms with Gasteiger partial charge in [0.15, 0.2) is 0 Å². The highest BCUT2D eigenvalue weighted by molar-refractivity contribution is 5.47. The van der Waals surface area contributed by atoms with Gasteiger partial charge in [0.05, 0.1) is 0 Å². The van der Waals surface area contributed by atoms with Crippen LogP contribution in [-0.2, 0) is 5.54 Å². The molecule has 24 heavy (non-hydrogen) atoms. The number of piperazine rings is 1. The third kappa shape index (κ3) is 2.54. The van der Waals surface area contributed by atoms with Gasteiger partial charge in [-0.25, -0.2) is 8.78 Å². The Hall–Kier alpha value is -1.78. The summed E-state index contributed by atoms with van der Waals surface area (Å²) in [5.41, 5.74) is 3.17. The van der Waals surface area contributed by atoms with Gasteiger partial charge in [0.2, 0.25) is 0 Å². The van der Waals surface area contributed by atoms with Crippen molar-refractivity contribution >= 4 is 0 Å². The molecule has 1 aliphatic heterocycles. The van der Waals surface area contributed by atoms with Crippen molar-refractivity contribution in [2.24, 2.45) is 0 Å².